The van der Waals surface area contributed by atoms with Crippen LogP contribution in [-0.4, -0.2) is 33.4 Å². The summed E-state index contributed by atoms with van der Waals surface area (Å²) >= 11 is 0. The zero-order valence-electron chi connectivity index (χ0n) is 14.6. The molecule has 0 saturated carbocycles. The first-order chi connectivity index (χ1) is 13.0. The minimum absolute atomic E-state index is 0.112. The fraction of sp³-hybridized carbons (Fsp3) is 0.238. The lowest BCUT2D eigenvalue weighted by atomic mass is 9.84. The van der Waals surface area contributed by atoms with Gasteiger partial charge in [0.05, 0.1) is 25.9 Å². The van der Waals surface area contributed by atoms with Gasteiger partial charge in [-0.3, -0.25) is 29.0 Å². The highest BCUT2D eigenvalue weighted by atomic mass is 16.2. The van der Waals surface area contributed by atoms with Crippen LogP contribution in [-0.2, 0) is 32.3 Å². The van der Waals surface area contributed by atoms with Crippen molar-refractivity contribution in [3.63, 3.8) is 0 Å². The molecule has 0 bridgehead atoms. The van der Waals surface area contributed by atoms with Crippen molar-refractivity contribution in [3.05, 3.63) is 71.8 Å². The Bertz CT molecular complexity index is 846. The van der Waals surface area contributed by atoms with Crippen molar-refractivity contribution in [1.29, 1.82) is 0 Å². The summed E-state index contributed by atoms with van der Waals surface area (Å²) in [6.07, 6.45) is -0.483. The Morgan fingerprint density at radius 3 is 1.37 bits per heavy atom. The molecular formula is C21H18N2O4. The molecule has 0 aromatic heterocycles. The fourth-order valence-electron chi connectivity index (χ4n) is 3.76. The average molecular weight is 362 g/mol. The van der Waals surface area contributed by atoms with Crippen molar-refractivity contribution in [2.45, 2.75) is 25.9 Å². The van der Waals surface area contributed by atoms with E-state index < -0.39 is 29.0 Å². The van der Waals surface area contributed by atoms with E-state index in [1.807, 2.05) is 60.7 Å². The maximum absolute atomic E-state index is 13.0. The number of carbonyl (C=O) groups is 4. The van der Waals surface area contributed by atoms with Gasteiger partial charge in [0.2, 0.25) is 23.6 Å². The van der Waals surface area contributed by atoms with Gasteiger partial charge < -0.3 is 0 Å². The molecular weight excluding hydrogens is 344 g/mol. The number of imide groups is 2. The van der Waals surface area contributed by atoms with Crippen LogP contribution >= 0.6 is 0 Å². The molecule has 1 spiro atoms. The van der Waals surface area contributed by atoms with Crippen LogP contribution in [0.15, 0.2) is 60.7 Å². The molecule has 6 heteroatoms. The van der Waals surface area contributed by atoms with Gasteiger partial charge in [-0.2, -0.15) is 0 Å². The highest BCUT2D eigenvalue weighted by Gasteiger charge is 2.63. The summed E-state index contributed by atoms with van der Waals surface area (Å²) in [5.41, 5.74) is 0.0286. The number of benzene rings is 2. The third-order valence-corrected chi connectivity index (χ3v) is 5.18. The van der Waals surface area contributed by atoms with Crippen molar-refractivity contribution in [1.82, 2.24) is 9.80 Å². The van der Waals surface area contributed by atoms with E-state index in [0.29, 0.717) is 0 Å². The van der Waals surface area contributed by atoms with Crippen LogP contribution < -0.4 is 0 Å². The molecule has 2 heterocycles. The predicted octanol–water partition coefficient (Wildman–Crippen LogP) is 1.89. The molecule has 0 unspecified atom stereocenters. The maximum atomic E-state index is 13.0. The van der Waals surface area contributed by atoms with E-state index in [2.05, 4.69) is 0 Å². The van der Waals surface area contributed by atoms with Crippen LogP contribution in [0.3, 0.4) is 0 Å². The molecule has 0 radical (unpaired) electrons. The Hall–Kier alpha value is -3.28. The molecule has 2 aliphatic heterocycles. The molecule has 2 aromatic carbocycles. The highest BCUT2D eigenvalue weighted by molar-refractivity contribution is 6.24. The molecule has 4 amide bonds. The molecule has 136 valence electrons. The van der Waals surface area contributed by atoms with Crippen molar-refractivity contribution < 1.29 is 19.2 Å². The number of nitrogens with zero attached hydrogens (tertiary/aromatic N) is 2. The summed E-state index contributed by atoms with van der Waals surface area (Å²) in [4.78, 5) is 53.2. The van der Waals surface area contributed by atoms with Crippen LogP contribution in [0.2, 0.25) is 0 Å². The first-order valence-corrected chi connectivity index (χ1v) is 8.79. The second kappa shape index (κ2) is 6.46. The van der Waals surface area contributed by atoms with Crippen LogP contribution in [0.25, 0.3) is 0 Å². The highest BCUT2D eigenvalue weighted by Crippen LogP contribution is 2.44. The molecule has 27 heavy (non-hydrogen) atoms. The van der Waals surface area contributed by atoms with Gasteiger partial charge in [0.15, 0.2) is 0 Å². The molecule has 0 atom stereocenters. The largest absolute Gasteiger partial charge is 0.277 e. The second-order valence-corrected chi connectivity index (χ2v) is 6.98. The van der Waals surface area contributed by atoms with Crippen molar-refractivity contribution in [2.75, 3.05) is 0 Å². The van der Waals surface area contributed by atoms with Crippen molar-refractivity contribution >= 4 is 23.6 Å². The topological polar surface area (TPSA) is 74.8 Å². The Balaban J connectivity index is 1.58. The normalized spacial score (nSPS) is 18.8. The van der Waals surface area contributed by atoms with Crippen LogP contribution in [0.1, 0.15) is 24.0 Å². The van der Waals surface area contributed by atoms with Gasteiger partial charge in [0.25, 0.3) is 0 Å². The zero-order valence-corrected chi connectivity index (χ0v) is 14.6. The monoisotopic (exact) mass is 362 g/mol. The van der Waals surface area contributed by atoms with E-state index in [1.54, 1.807) is 0 Å². The van der Waals surface area contributed by atoms with Gasteiger partial charge in [0, 0.05) is 0 Å². The summed E-state index contributed by atoms with van der Waals surface area (Å²) in [6.45, 7) is 0.223. The molecule has 6 nitrogen and oxygen atoms in total. The molecule has 2 aliphatic rings. The van der Waals surface area contributed by atoms with E-state index in [-0.39, 0.29) is 25.9 Å². The standard InChI is InChI=1S/C21H18N2O4/c24-17-11-21(19(26)22(17)13-15-7-3-1-4-8-15)12-18(25)23(20(21)27)14-16-9-5-2-6-10-16/h1-10H,11-14H2. The number of hydrogen-bond acceptors (Lipinski definition) is 4. The van der Waals surface area contributed by atoms with Crippen molar-refractivity contribution in [3.8, 4) is 0 Å². The van der Waals surface area contributed by atoms with E-state index in [4.69, 9.17) is 0 Å². The number of likely N-dealkylation sites (tertiary alicyclic amines) is 2. The van der Waals surface area contributed by atoms with E-state index in [0.717, 1.165) is 20.9 Å². The number of carbonyl (C=O) groups excluding carboxylic acids is 4. The molecule has 4 rings (SSSR count). The second-order valence-electron chi connectivity index (χ2n) is 6.98. The summed E-state index contributed by atoms with van der Waals surface area (Å²) in [5, 5.41) is 0. The average Bonchev–Trinajstić information content (AvgIpc) is 3.05. The van der Waals surface area contributed by atoms with Gasteiger partial charge in [0.1, 0.15) is 5.41 Å². The molecule has 0 aliphatic carbocycles. The predicted molar refractivity (Wildman–Crippen MR) is 95.7 cm³/mol. The Kier molecular flexibility index (Phi) is 4.11. The minimum Gasteiger partial charge on any atom is -0.277 e. The van der Waals surface area contributed by atoms with Gasteiger partial charge in [-0.1, -0.05) is 60.7 Å². The lowest BCUT2D eigenvalue weighted by Crippen LogP contribution is -2.41. The fourth-order valence-corrected chi connectivity index (χ4v) is 3.76. The lowest BCUT2D eigenvalue weighted by Gasteiger charge is -2.20. The molecule has 2 fully saturated rings. The van der Waals surface area contributed by atoms with Gasteiger partial charge in [-0.15, -0.1) is 0 Å². The summed E-state index contributed by atoms with van der Waals surface area (Å²) in [6, 6.07) is 18.2. The Morgan fingerprint density at radius 2 is 1.00 bits per heavy atom. The quantitative estimate of drug-likeness (QED) is 0.615. The van der Waals surface area contributed by atoms with Crippen LogP contribution in [0, 0.1) is 5.41 Å². The SMILES string of the molecule is O=C1CC2(CC(=O)N(Cc3ccccc3)C2=O)C(=O)N1Cc1ccccc1. The summed E-state index contributed by atoms with van der Waals surface area (Å²) < 4.78 is 0. The first-order valence-electron chi connectivity index (χ1n) is 8.79. The first kappa shape index (κ1) is 17.1. The zero-order chi connectivity index (χ0) is 19.0. The summed E-state index contributed by atoms with van der Waals surface area (Å²) in [7, 11) is 0. The van der Waals surface area contributed by atoms with Crippen LogP contribution in [0.4, 0.5) is 0 Å². The number of rotatable bonds is 4. The van der Waals surface area contributed by atoms with E-state index in [1.165, 1.54) is 0 Å². The molecule has 2 aromatic rings. The van der Waals surface area contributed by atoms with Gasteiger partial charge >= 0.3 is 0 Å². The lowest BCUT2D eigenvalue weighted by molar-refractivity contribution is -0.148. The number of hydrogen-bond donors (Lipinski definition) is 0. The third kappa shape index (κ3) is 2.83. The van der Waals surface area contributed by atoms with E-state index in [9.17, 15) is 19.2 Å². The van der Waals surface area contributed by atoms with Gasteiger partial charge in [-0.05, 0) is 11.1 Å². The Labute approximate surface area is 156 Å². The Morgan fingerprint density at radius 1 is 0.630 bits per heavy atom. The van der Waals surface area contributed by atoms with Gasteiger partial charge in [-0.25, -0.2) is 0 Å². The number of amides is 4. The maximum Gasteiger partial charge on any atom is 0.246 e. The smallest absolute Gasteiger partial charge is 0.246 e. The third-order valence-electron chi connectivity index (χ3n) is 5.18. The summed E-state index contributed by atoms with van der Waals surface area (Å²) in [5.74, 6) is -1.95. The van der Waals surface area contributed by atoms with Crippen molar-refractivity contribution in [2.24, 2.45) is 5.41 Å². The van der Waals surface area contributed by atoms with E-state index >= 15 is 0 Å². The molecule has 2 saturated heterocycles. The minimum atomic E-state index is -1.57. The van der Waals surface area contributed by atoms with Crippen LogP contribution in [0.5, 0.6) is 0 Å². The molecule has 0 N–H and O–H groups in total.